The minimum absolute atomic E-state index is 0.431. The van der Waals surface area contributed by atoms with Crippen LogP contribution in [0.15, 0.2) is 259 Å². The fourth-order valence-electron chi connectivity index (χ4n) is 10.2. The number of hydrogen-bond acceptors (Lipinski definition) is 3. The quantitative estimate of drug-likeness (QED) is 0.170. The van der Waals surface area contributed by atoms with Crippen LogP contribution in [0.4, 0.5) is 0 Å². The third-order valence-corrected chi connectivity index (χ3v) is 13.4. The minimum Gasteiger partial charge on any atom is -0.330 e. The number of aliphatic imine (C=N–C) groups is 2. The molecule has 1 unspecified atom stereocenters. The molecule has 12 aromatic rings. The van der Waals surface area contributed by atoms with Gasteiger partial charge >= 0.3 is 0 Å². The van der Waals surface area contributed by atoms with Crippen LogP contribution in [0.2, 0.25) is 0 Å². The Morgan fingerprint density at radius 2 is 0.794 bits per heavy atom. The highest BCUT2D eigenvalue weighted by molar-refractivity contribution is 6.26. The van der Waals surface area contributed by atoms with Crippen molar-refractivity contribution >= 4 is 55.4 Å². The van der Waals surface area contributed by atoms with Gasteiger partial charge in [0.15, 0.2) is 5.84 Å². The molecule has 0 radical (unpaired) electrons. The van der Waals surface area contributed by atoms with Crippen LogP contribution in [0.1, 0.15) is 17.3 Å². The number of aromatic nitrogens is 2. The van der Waals surface area contributed by atoms with Gasteiger partial charge in [-0.05, 0) is 74.8 Å². The number of hydrogen-bond donors (Lipinski definition) is 1. The first-order valence-electron chi connectivity index (χ1n) is 23.2. The summed E-state index contributed by atoms with van der Waals surface area (Å²) in [5.41, 5.74) is 16.7. The lowest BCUT2D eigenvalue weighted by molar-refractivity contribution is 0.662. The zero-order chi connectivity index (χ0) is 45.0. The average Bonchev–Trinajstić information content (AvgIpc) is 3.95. The molecule has 1 atom stereocenters. The summed E-state index contributed by atoms with van der Waals surface area (Å²) in [5.74, 6) is 1.37. The third kappa shape index (κ3) is 6.71. The molecule has 3 heterocycles. The molecule has 1 aliphatic rings. The van der Waals surface area contributed by atoms with Gasteiger partial charge in [0.25, 0.3) is 0 Å². The van der Waals surface area contributed by atoms with Crippen molar-refractivity contribution in [2.45, 2.75) is 6.17 Å². The Bertz CT molecular complexity index is 3900. The minimum atomic E-state index is -0.431. The summed E-state index contributed by atoms with van der Waals surface area (Å²) in [6.45, 7) is 0. The first kappa shape index (κ1) is 39.3. The number of nitrogens with zero attached hydrogens (tertiary/aromatic N) is 4. The van der Waals surface area contributed by atoms with E-state index in [-0.39, 0.29) is 0 Å². The predicted octanol–water partition coefficient (Wildman–Crippen LogP) is 15.5. The Balaban J connectivity index is 1.08. The lowest BCUT2D eigenvalue weighted by Crippen LogP contribution is -2.37. The monoisotopic (exact) mass is 869 g/mol. The van der Waals surface area contributed by atoms with Crippen molar-refractivity contribution in [1.29, 1.82) is 0 Å². The summed E-state index contributed by atoms with van der Waals surface area (Å²) < 4.78 is 4.84. The number of amidine groups is 1. The summed E-state index contributed by atoms with van der Waals surface area (Å²) >= 11 is 0. The topological polar surface area (TPSA) is 46.6 Å². The van der Waals surface area contributed by atoms with Crippen LogP contribution >= 0.6 is 0 Å². The van der Waals surface area contributed by atoms with E-state index in [1.54, 1.807) is 0 Å². The van der Waals surface area contributed by atoms with Gasteiger partial charge in [-0.3, -0.25) is 4.57 Å². The molecule has 2 aromatic heterocycles. The second-order valence-corrected chi connectivity index (χ2v) is 17.4. The Morgan fingerprint density at radius 3 is 1.41 bits per heavy atom. The molecule has 68 heavy (non-hydrogen) atoms. The molecule has 0 aliphatic carbocycles. The largest absolute Gasteiger partial charge is 0.330 e. The summed E-state index contributed by atoms with van der Waals surface area (Å²) in [7, 11) is 0. The smallest absolute Gasteiger partial charge is 0.212 e. The van der Waals surface area contributed by atoms with Crippen molar-refractivity contribution in [3.63, 3.8) is 0 Å². The first-order valence-corrected chi connectivity index (χ1v) is 23.2. The Labute approximate surface area is 394 Å². The molecule has 1 aliphatic heterocycles. The predicted molar refractivity (Wildman–Crippen MR) is 284 cm³/mol. The fourth-order valence-corrected chi connectivity index (χ4v) is 10.2. The molecular formula is C63H43N5. The average molecular weight is 870 g/mol. The van der Waals surface area contributed by atoms with E-state index >= 15 is 0 Å². The van der Waals surface area contributed by atoms with E-state index in [1.807, 2.05) is 0 Å². The fraction of sp³-hybridized carbons (Fsp3) is 0.0159. The Morgan fingerprint density at radius 1 is 0.338 bits per heavy atom. The first-order chi connectivity index (χ1) is 33.7. The Kier molecular flexibility index (Phi) is 9.50. The SMILES string of the molecule is c1ccc(-c2ccc(C3N=C(c4cccc(-c5ccccc5)c4)N=C(n4c5ccccc5c5ccc6c7ccccc7n(-c7ccc(-c8ccccc8)cc7-c7ccccc7)c6c54)N3)cc2)cc1. The van der Waals surface area contributed by atoms with Crippen molar-refractivity contribution in [2.75, 3.05) is 0 Å². The number of fused-ring (bicyclic) bond motifs is 7. The molecule has 0 fully saturated rings. The van der Waals surface area contributed by atoms with Gasteiger partial charge in [0.1, 0.15) is 6.17 Å². The standard InChI is InChI=1S/C63H43N5/c1-5-18-42(19-6-1)45-32-34-47(35-33-45)61-64-62(50-27-17-26-48(40-50)43-20-7-2-8-21-43)66-63(65-61)68-57-31-16-14-29-52(57)54-38-37-53-51-28-13-15-30-56(51)67(59(53)60(54)68)58-39-36-49(44-22-9-3-10-23-44)41-55(58)46-24-11-4-12-25-46/h1-41,61H,(H,64,65,66). The molecule has 10 aromatic carbocycles. The number of para-hydroxylation sites is 2. The molecule has 13 rings (SSSR count). The maximum absolute atomic E-state index is 5.55. The summed E-state index contributed by atoms with van der Waals surface area (Å²) in [4.78, 5) is 11.0. The number of benzene rings is 10. The van der Waals surface area contributed by atoms with Gasteiger partial charge in [0, 0.05) is 32.7 Å². The van der Waals surface area contributed by atoms with Crippen LogP contribution in [0, 0.1) is 0 Å². The lowest BCUT2D eigenvalue weighted by Gasteiger charge is -2.25. The molecule has 0 spiro atoms. The molecule has 5 nitrogen and oxygen atoms in total. The summed E-state index contributed by atoms with van der Waals surface area (Å²) in [6.07, 6.45) is -0.431. The normalized spacial score (nSPS) is 13.7. The van der Waals surface area contributed by atoms with Crippen LogP contribution in [0.25, 0.3) is 93.8 Å². The highest BCUT2D eigenvalue weighted by Crippen LogP contribution is 2.43. The van der Waals surface area contributed by atoms with Crippen molar-refractivity contribution in [1.82, 2.24) is 14.5 Å². The van der Waals surface area contributed by atoms with Crippen LogP contribution in [-0.4, -0.2) is 20.9 Å². The highest BCUT2D eigenvalue weighted by Gasteiger charge is 2.28. The van der Waals surface area contributed by atoms with Gasteiger partial charge in [0.2, 0.25) is 5.96 Å². The van der Waals surface area contributed by atoms with Crippen molar-refractivity contribution < 1.29 is 0 Å². The van der Waals surface area contributed by atoms with E-state index in [0.717, 1.165) is 82.9 Å². The van der Waals surface area contributed by atoms with Gasteiger partial charge in [0.05, 0.1) is 27.8 Å². The second kappa shape index (κ2) is 16.4. The van der Waals surface area contributed by atoms with E-state index in [2.05, 4.69) is 263 Å². The molecule has 0 amide bonds. The van der Waals surface area contributed by atoms with E-state index in [1.165, 1.54) is 22.1 Å². The van der Waals surface area contributed by atoms with Crippen molar-refractivity contribution in [3.05, 3.63) is 260 Å². The molecule has 0 saturated heterocycles. The summed E-state index contributed by atoms with van der Waals surface area (Å²) in [5, 5.41) is 8.53. The third-order valence-electron chi connectivity index (χ3n) is 13.4. The van der Waals surface area contributed by atoms with Gasteiger partial charge < -0.3 is 9.88 Å². The van der Waals surface area contributed by atoms with Gasteiger partial charge in [-0.15, -0.1) is 0 Å². The van der Waals surface area contributed by atoms with Gasteiger partial charge in [-0.25, -0.2) is 4.99 Å². The number of nitrogens with one attached hydrogen (secondary N) is 1. The van der Waals surface area contributed by atoms with E-state index in [0.29, 0.717) is 11.8 Å². The zero-order valence-corrected chi connectivity index (χ0v) is 37.0. The molecule has 1 N–H and O–H groups in total. The maximum atomic E-state index is 5.55. The van der Waals surface area contributed by atoms with Gasteiger partial charge in [-0.1, -0.05) is 218 Å². The van der Waals surface area contributed by atoms with Crippen LogP contribution in [0.3, 0.4) is 0 Å². The van der Waals surface area contributed by atoms with Crippen molar-refractivity contribution in [3.8, 4) is 50.2 Å². The lowest BCUT2D eigenvalue weighted by atomic mass is 9.97. The molecule has 0 saturated carbocycles. The second-order valence-electron chi connectivity index (χ2n) is 17.4. The summed E-state index contributed by atoms with van der Waals surface area (Å²) in [6, 6.07) is 88.9. The highest BCUT2D eigenvalue weighted by atomic mass is 15.3. The van der Waals surface area contributed by atoms with Crippen molar-refractivity contribution in [2.24, 2.45) is 9.98 Å². The molecule has 320 valence electrons. The maximum Gasteiger partial charge on any atom is 0.212 e. The Hall–Kier alpha value is -9.06. The van der Waals surface area contributed by atoms with E-state index in [9.17, 15) is 0 Å². The number of rotatable bonds is 7. The van der Waals surface area contributed by atoms with E-state index < -0.39 is 6.17 Å². The molecule has 0 bridgehead atoms. The van der Waals surface area contributed by atoms with Crippen LogP contribution in [-0.2, 0) is 0 Å². The van der Waals surface area contributed by atoms with Crippen LogP contribution < -0.4 is 5.32 Å². The molecule has 5 heteroatoms. The zero-order valence-electron chi connectivity index (χ0n) is 37.0. The molecular weight excluding hydrogens is 827 g/mol. The van der Waals surface area contributed by atoms with E-state index in [4.69, 9.17) is 9.98 Å². The van der Waals surface area contributed by atoms with Gasteiger partial charge in [-0.2, -0.15) is 4.99 Å². The van der Waals surface area contributed by atoms with Crippen LogP contribution in [0.5, 0.6) is 0 Å².